The van der Waals surface area contributed by atoms with Gasteiger partial charge in [0.2, 0.25) is 0 Å². The zero-order valence-electron chi connectivity index (χ0n) is 13.0. The molecule has 0 bridgehead atoms. The van der Waals surface area contributed by atoms with Gasteiger partial charge in [-0.1, -0.05) is 11.8 Å². The summed E-state index contributed by atoms with van der Waals surface area (Å²) in [5.74, 6) is 0.839. The van der Waals surface area contributed by atoms with Crippen LogP contribution in [0, 0.1) is 6.92 Å². The second-order valence-corrected chi connectivity index (χ2v) is 6.71. The first-order valence-corrected chi connectivity index (χ1v) is 8.98. The van der Waals surface area contributed by atoms with Gasteiger partial charge in [-0.05, 0) is 37.4 Å². The number of methoxy groups -OCH3 is 1. The molecule has 3 rings (SSSR count). The summed E-state index contributed by atoms with van der Waals surface area (Å²) >= 11 is 3.13. The number of rotatable bonds is 5. The first kappa shape index (κ1) is 15.8. The Morgan fingerprint density at radius 2 is 1.83 bits per heavy atom. The van der Waals surface area contributed by atoms with Crippen LogP contribution in [0.1, 0.15) is 4.88 Å². The second kappa shape index (κ2) is 6.97. The average Bonchev–Trinajstić information content (AvgIpc) is 2.96. The lowest BCUT2D eigenvalue weighted by Crippen LogP contribution is -1.93. The smallest absolute Gasteiger partial charge is 0.188 e. The van der Waals surface area contributed by atoms with Crippen molar-refractivity contribution in [3.63, 3.8) is 0 Å². The number of hydrogen-bond donors (Lipinski definition) is 1. The molecule has 0 fully saturated rings. The van der Waals surface area contributed by atoms with E-state index in [9.17, 15) is 0 Å². The van der Waals surface area contributed by atoms with Crippen molar-refractivity contribution >= 4 is 33.9 Å². The molecular weight excluding hydrogens is 328 g/mol. The van der Waals surface area contributed by atoms with Crippen LogP contribution < -0.4 is 10.1 Å². The van der Waals surface area contributed by atoms with Crippen LogP contribution in [-0.4, -0.2) is 28.3 Å². The Labute approximate surface area is 143 Å². The molecule has 0 unspecified atom stereocenters. The highest BCUT2D eigenvalue weighted by molar-refractivity contribution is 7.98. The molecule has 23 heavy (non-hydrogen) atoms. The molecule has 0 atom stereocenters. The number of anilines is 2. The Morgan fingerprint density at radius 1 is 1.13 bits per heavy atom. The van der Waals surface area contributed by atoms with Crippen LogP contribution in [0.4, 0.5) is 10.8 Å². The van der Waals surface area contributed by atoms with Gasteiger partial charge in [0.05, 0.1) is 30.9 Å². The first-order chi connectivity index (χ1) is 11.2. The first-order valence-electron chi connectivity index (χ1n) is 6.94. The van der Waals surface area contributed by atoms with Gasteiger partial charge in [0, 0.05) is 10.4 Å². The summed E-state index contributed by atoms with van der Waals surface area (Å²) in [6.07, 6.45) is 5.49. The van der Waals surface area contributed by atoms with Crippen molar-refractivity contribution in [3.8, 4) is 17.0 Å². The van der Waals surface area contributed by atoms with Gasteiger partial charge < -0.3 is 10.1 Å². The molecule has 0 radical (unpaired) electrons. The number of hydrogen-bond acceptors (Lipinski definition) is 7. The van der Waals surface area contributed by atoms with Crippen molar-refractivity contribution < 1.29 is 4.74 Å². The van der Waals surface area contributed by atoms with Crippen LogP contribution in [0.5, 0.6) is 5.75 Å². The summed E-state index contributed by atoms with van der Waals surface area (Å²) < 4.78 is 5.19. The van der Waals surface area contributed by atoms with Gasteiger partial charge in [0.25, 0.3) is 0 Å². The minimum Gasteiger partial charge on any atom is -0.497 e. The Morgan fingerprint density at radius 3 is 2.43 bits per heavy atom. The molecule has 2 aromatic heterocycles. The van der Waals surface area contributed by atoms with Gasteiger partial charge in [0.15, 0.2) is 10.3 Å². The normalized spacial score (nSPS) is 10.6. The monoisotopic (exact) mass is 344 g/mol. The summed E-state index contributed by atoms with van der Waals surface area (Å²) in [6.45, 7) is 2.07. The zero-order chi connectivity index (χ0) is 16.2. The number of thioether (sulfide) groups is 1. The van der Waals surface area contributed by atoms with Gasteiger partial charge in [-0.15, -0.1) is 11.3 Å². The molecule has 0 saturated carbocycles. The lowest BCUT2D eigenvalue weighted by Gasteiger charge is -2.02. The van der Waals surface area contributed by atoms with Crippen molar-refractivity contribution in [1.29, 1.82) is 0 Å². The van der Waals surface area contributed by atoms with Crippen molar-refractivity contribution in [2.75, 3.05) is 18.7 Å². The van der Waals surface area contributed by atoms with E-state index < -0.39 is 0 Å². The van der Waals surface area contributed by atoms with Crippen LogP contribution in [-0.2, 0) is 0 Å². The van der Waals surface area contributed by atoms with Crippen molar-refractivity contribution in [2.45, 2.75) is 12.1 Å². The molecule has 3 aromatic rings. The summed E-state index contributed by atoms with van der Waals surface area (Å²) in [6, 6.07) is 7.91. The second-order valence-electron chi connectivity index (χ2n) is 4.74. The average molecular weight is 344 g/mol. The van der Waals surface area contributed by atoms with Crippen LogP contribution in [0.2, 0.25) is 0 Å². The maximum atomic E-state index is 5.19. The van der Waals surface area contributed by atoms with E-state index in [1.54, 1.807) is 30.8 Å². The molecule has 0 amide bonds. The molecule has 0 saturated heterocycles. The van der Waals surface area contributed by atoms with Gasteiger partial charge in [-0.2, -0.15) is 0 Å². The van der Waals surface area contributed by atoms with E-state index in [2.05, 4.69) is 27.2 Å². The molecule has 5 nitrogen and oxygen atoms in total. The minimum absolute atomic E-state index is 0.754. The van der Waals surface area contributed by atoms with Crippen LogP contribution in [0.15, 0.2) is 41.8 Å². The van der Waals surface area contributed by atoms with Crippen LogP contribution >= 0.6 is 23.1 Å². The highest BCUT2D eigenvalue weighted by Crippen LogP contribution is 2.32. The Bertz CT molecular complexity index is 785. The lowest BCUT2D eigenvalue weighted by molar-refractivity contribution is 0.415. The number of nitrogens with one attached hydrogen (secondary N) is 1. The highest BCUT2D eigenvalue weighted by atomic mass is 32.2. The summed E-state index contributed by atoms with van der Waals surface area (Å²) in [4.78, 5) is 14.3. The number of aromatic nitrogens is 3. The van der Waals surface area contributed by atoms with Crippen molar-refractivity contribution in [2.24, 2.45) is 0 Å². The predicted molar refractivity (Wildman–Crippen MR) is 95.9 cm³/mol. The van der Waals surface area contributed by atoms with E-state index >= 15 is 0 Å². The van der Waals surface area contributed by atoms with Crippen LogP contribution in [0.25, 0.3) is 11.3 Å². The number of nitrogens with zero attached hydrogens (tertiary/aromatic N) is 3. The molecular formula is C16H16N4OS2. The van der Waals surface area contributed by atoms with Gasteiger partial charge >= 0.3 is 0 Å². The molecule has 1 N–H and O–H groups in total. The Balaban J connectivity index is 1.81. The Hall–Kier alpha value is -2.12. The lowest BCUT2D eigenvalue weighted by atomic mass is 10.1. The fourth-order valence-corrected chi connectivity index (χ4v) is 3.25. The van der Waals surface area contributed by atoms with Crippen LogP contribution in [0.3, 0.4) is 0 Å². The van der Waals surface area contributed by atoms with Crippen molar-refractivity contribution in [1.82, 2.24) is 15.0 Å². The van der Waals surface area contributed by atoms with Gasteiger partial charge in [0.1, 0.15) is 5.75 Å². The number of ether oxygens (including phenoxy) is 1. The highest BCUT2D eigenvalue weighted by Gasteiger charge is 2.10. The zero-order valence-corrected chi connectivity index (χ0v) is 14.7. The SMILES string of the molecule is COc1ccc(-c2nc(Nc3cnc(SC)nc3)sc2C)cc1. The maximum absolute atomic E-state index is 5.19. The molecule has 118 valence electrons. The fourth-order valence-electron chi connectivity index (χ4n) is 2.08. The molecule has 0 aliphatic rings. The number of aryl methyl sites for hydroxylation is 1. The summed E-state index contributed by atoms with van der Waals surface area (Å²) in [7, 11) is 1.66. The number of benzene rings is 1. The minimum atomic E-state index is 0.754. The molecule has 2 heterocycles. The van der Waals surface area contributed by atoms with E-state index in [1.165, 1.54) is 11.8 Å². The van der Waals surface area contributed by atoms with E-state index in [0.717, 1.165) is 37.9 Å². The van der Waals surface area contributed by atoms with E-state index in [-0.39, 0.29) is 0 Å². The van der Waals surface area contributed by atoms with E-state index in [1.807, 2.05) is 30.5 Å². The van der Waals surface area contributed by atoms with E-state index in [4.69, 9.17) is 4.74 Å². The standard InChI is InChI=1S/C16H16N4OS2/c1-10-14(11-4-6-13(21-2)7-5-11)20-16(23-10)19-12-8-17-15(22-3)18-9-12/h4-9H,1-3H3,(H,19,20). The quantitative estimate of drug-likeness (QED) is 0.547. The third-order valence-electron chi connectivity index (χ3n) is 3.22. The maximum Gasteiger partial charge on any atom is 0.188 e. The third kappa shape index (κ3) is 3.62. The van der Waals surface area contributed by atoms with Crippen molar-refractivity contribution in [3.05, 3.63) is 41.5 Å². The third-order valence-corrected chi connectivity index (χ3v) is 4.68. The Kier molecular flexibility index (Phi) is 4.78. The van der Waals surface area contributed by atoms with Gasteiger partial charge in [-0.3, -0.25) is 0 Å². The van der Waals surface area contributed by atoms with Gasteiger partial charge in [-0.25, -0.2) is 15.0 Å². The predicted octanol–water partition coefficient (Wildman–Crippen LogP) is 4.38. The molecule has 0 aliphatic carbocycles. The molecule has 0 aliphatic heterocycles. The summed E-state index contributed by atoms with van der Waals surface area (Å²) in [5.41, 5.74) is 2.88. The van der Waals surface area contributed by atoms with E-state index in [0.29, 0.717) is 0 Å². The fraction of sp³-hybridized carbons (Fsp3) is 0.188. The topological polar surface area (TPSA) is 59.9 Å². The largest absolute Gasteiger partial charge is 0.497 e. The summed E-state index contributed by atoms with van der Waals surface area (Å²) in [5, 5.41) is 4.84. The number of thiazole rings is 1. The molecule has 0 spiro atoms. The molecule has 7 heteroatoms. The molecule has 1 aromatic carbocycles.